The minimum atomic E-state index is -0.835. The van der Waals surface area contributed by atoms with Gasteiger partial charge in [-0.3, -0.25) is 24.7 Å². The van der Waals surface area contributed by atoms with Crippen molar-refractivity contribution in [3.05, 3.63) is 99.0 Å². The summed E-state index contributed by atoms with van der Waals surface area (Å²) >= 11 is 3.41. The maximum atomic E-state index is 13.5. The van der Waals surface area contributed by atoms with Gasteiger partial charge in [-0.2, -0.15) is 5.10 Å². The number of hydrogen-bond donors (Lipinski definition) is 0. The first kappa shape index (κ1) is 20.1. The van der Waals surface area contributed by atoms with E-state index in [1.165, 1.54) is 24.3 Å². The smallest absolute Gasteiger partial charge is 0.269 e. The highest BCUT2D eigenvalue weighted by Gasteiger charge is 2.57. The summed E-state index contributed by atoms with van der Waals surface area (Å²) in [5, 5.41) is 17.3. The van der Waals surface area contributed by atoms with Crippen molar-refractivity contribution in [3.8, 4) is 0 Å². The average molecular weight is 491 g/mol. The normalized spacial score (nSPS) is 19.8. The molecule has 2 atom stereocenters. The first-order chi connectivity index (χ1) is 15.5. The number of halogens is 1. The van der Waals surface area contributed by atoms with Gasteiger partial charge in [0.05, 0.1) is 22.0 Å². The van der Waals surface area contributed by atoms with Crippen LogP contribution in [-0.2, 0) is 9.59 Å². The van der Waals surface area contributed by atoms with E-state index < -0.39 is 28.7 Å². The second-order valence-corrected chi connectivity index (χ2v) is 8.30. The second kappa shape index (κ2) is 7.69. The van der Waals surface area contributed by atoms with E-state index in [2.05, 4.69) is 21.0 Å². The zero-order valence-corrected chi connectivity index (χ0v) is 18.0. The summed E-state index contributed by atoms with van der Waals surface area (Å²) in [7, 11) is 0. The molecule has 0 bridgehead atoms. The van der Waals surface area contributed by atoms with Crippen LogP contribution >= 0.6 is 15.9 Å². The minimum absolute atomic E-state index is 0.115. The molecule has 2 aliphatic rings. The molecule has 0 saturated carbocycles. The number of carbonyl (C=O) groups excluding carboxylic acids is 2. The third-order valence-electron chi connectivity index (χ3n) is 5.53. The van der Waals surface area contributed by atoms with Crippen molar-refractivity contribution in [3.63, 3.8) is 0 Å². The van der Waals surface area contributed by atoms with Crippen molar-refractivity contribution in [1.29, 1.82) is 0 Å². The third-order valence-corrected chi connectivity index (χ3v) is 6.06. The number of hydrogen-bond acceptors (Lipinski definition) is 6. The van der Waals surface area contributed by atoms with E-state index in [1.807, 2.05) is 54.6 Å². The van der Waals surface area contributed by atoms with Crippen LogP contribution in [0.1, 0.15) is 5.56 Å². The van der Waals surface area contributed by atoms with Crippen LogP contribution < -0.4 is 9.91 Å². The fourth-order valence-electron chi connectivity index (χ4n) is 4.05. The van der Waals surface area contributed by atoms with Crippen LogP contribution in [0.25, 0.3) is 0 Å². The highest BCUT2D eigenvalue weighted by molar-refractivity contribution is 9.10. The van der Waals surface area contributed by atoms with Gasteiger partial charge in [0, 0.05) is 16.6 Å². The number of non-ortho nitro benzene ring substituents is 1. The summed E-state index contributed by atoms with van der Waals surface area (Å²) in [4.78, 5) is 38.5. The summed E-state index contributed by atoms with van der Waals surface area (Å²) in [6.07, 6.45) is 0. The molecule has 9 heteroatoms. The fourth-order valence-corrected chi connectivity index (χ4v) is 4.31. The van der Waals surface area contributed by atoms with E-state index in [1.54, 1.807) is 5.01 Å². The number of imide groups is 1. The lowest BCUT2D eigenvalue weighted by Gasteiger charge is -2.22. The van der Waals surface area contributed by atoms with Crippen LogP contribution in [-0.4, -0.2) is 28.5 Å². The fraction of sp³-hybridized carbons (Fsp3) is 0.0870. The Balaban J connectivity index is 1.59. The van der Waals surface area contributed by atoms with Crippen LogP contribution in [0.5, 0.6) is 0 Å². The molecule has 0 spiro atoms. The zero-order chi connectivity index (χ0) is 22.4. The van der Waals surface area contributed by atoms with Crippen molar-refractivity contribution in [2.45, 2.75) is 6.04 Å². The lowest BCUT2D eigenvalue weighted by Crippen LogP contribution is -2.39. The first-order valence-electron chi connectivity index (χ1n) is 9.76. The Morgan fingerprint density at radius 1 is 0.844 bits per heavy atom. The Hall–Kier alpha value is -3.85. The van der Waals surface area contributed by atoms with Crippen LogP contribution in [0.3, 0.4) is 0 Å². The quantitative estimate of drug-likeness (QED) is 0.311. The molecule has 1 fully saturated rings. The van der Waals surface area contributed by atoms with Gasteiger partial charge >= 0.3 is 0 Å². The largest absolute Gasteiger partial charge is 0.273 e. The van der Waals surface area contributed by atoms with Crippen molar-refractivity contribution >= 4 is 50.5 Å². The Kier molecular flexibility index (Phi) is 4.82. The topological polar surface area (TPSA) is 96.1 Å². The molecule has 8 nitrogen and oxygen atoms in total. The number of amides is 2. The summed E-state index contributed by atoms with van der Waals surface area (Å²) < 4.78 is 0.887. The first-order valence-corrected chi connectivity index (χ1v) is 10.6. The van der Waals surface area contributed by atoms with Gasteiger partial charge in [-0.1, -0.05) is 46.3 Å². The van der Waals surface area contributed by atoms with E-state index >= 15 is 0 Å². The van der Waals surface area contributed by atoms with Crippen LogP contribution in [0.2, 0.25) is 0 Å². The van der Waals surface area contributed by atoms with E-state index in [-0.39, 0.29) is 5.69 Å². The molecular formula is C23H15BrN4O4. The van der Waals surface area contributed by atoms with Crippen molar-refractivity contribution in [2.24, 2.45) is 11.0 Å². The number of nitro groups is 1. The second-order valence-electron chi connectivity index (χ2n) is 7.38. The lowest BCUT2D eigenvalue weighted by molar-refractivity contribution is -0.384. The Labute approximate surface area is 191 Å². The number of carbonyl (C=O) groups is 2. The van der Waals surface area contributed by atoms with Crippen LogP contribution in [0.4, 0.5) is 17.1 Å². The Morgan fingerprint density at radius 2 is 1.50 bits per heavy atom. The number of para-hydroxylation sites is 1. The lowest BCUT2D eigenvalue weighted by atomic mass is 9.93. The highest BCUT2D eigenvalue weighted by atomic mass is 79.9. The van der Waals surface area contributed by atoms with E-state index in [4.69, 9.17) is 0 Å². The van der Waals surface area contributed by atoms with Gasteiger partial charge < -0.3 is 0 Å². The predicted molar refractivity (Wildman–Crippen MR) is 122 cm³/mol. The SMILES string of the molecule is O=C1[C@H]2C(c3ccc(Br)cc3)=NN(c3ccccc3)[C@@H]2C(=O)N1c1ccc([N+](=O)[O-])cc1. The number of nitrogens with zero attached hydrogens (tertiary/aromatic N) is 4. The molecule has 1 saturated heterocycles. The number of nitro benzene ring substituents is 1. The molecule has 5 rings (SSSR count). The van der Waals surface area contributed by atoms with Gasteiger partial charge in [-0.25, -0.2) is 4.90 Å². The molecule has 0 unspecified atom stereocenters. The van der Waals surface area contributed by atoms with Crippen molar-refractivity contribution in [1.82, 2.24) is 0 Å². The molecule has 0 N–H and O–H groups in total. The highest BCUT2D eigenvalue weighted by Crippen LogP contribution is 2.39. The third kappa shape index (κ3) is 3.18. The molecule has 0 radical (unpaired) electrons. The number of fused-ring (bicyclic) bond motifs is 1. The van der Waals surface area contributed by atoms with Crippen LogP contribution in [0.15, 0.2) is 88.4 Å². The number of rotatable bonds is 4. The maximum absolute atomic E-state index is 13.5. The summed E-state index contributed by atoms with van der Waals surface area (Å²) in [6, 6.07) is 21.2. The monoisotopic (exact) mass is 490 g/mol. The Bertz CT molecular complexity index is 1260. The van der Waals surface area contributed by atoms with Gasteiger partial charge in [0.2, 0.25) is 5.91 Å². The Morgan fingerprint density at radius 3 is 2.12 bits per heavy atom. The van der Waals surface area contributed by atoms with Gasteiger partial charge in [0.25, 0.3) is 11.6 Å². The molecule has 158 valence electrons. The molecule has 32 heavy (non-hydrogen) atoms. The minimum Gasteiger partial charge on any atom is -0.273 e. The zero-order valence-electron chi connectivity index (χ0n) is 16.5. The number of benzene rings is 3. The molecule has 2 heterocycles. The average Bonchev–Trinajstić information content (AvgIpc) is 3.32. The van der Waals surface area contributed by atoms with E-state index in [0.29, 0.717) is 17.1 Å². The van der Waals surface area contributed by atoms with Crippen molar-refractivity contribution < 1.29 is 14.5 Å². The summed E-state index contributed by atoms with van der Waals surface area (Å²) in [6.45, 7) is 0. The van der Waals surface area contributed by atoms with Gasteiger partial charge in [-0.15, -0.1) is 0 Å². The van der Waals surface area contributed by atoms with Gasteiger partial charge in [0.1, 0.15) is 12.0 Å². The number of anilines is 2. The summed E-state index contributed by atoms with van der Waals surface area (Å²) in [5.74, 6) is -1.62. The molecule has 3 aromatic carbocycles. The number of hydrazone groups is 1. The summed E-state index contributed by atoms with van der Waals surface area (Å²) in [5.41, 5.74) is 2.13. The molecular weight excluding hydrogens is 476 g/mol. The molecule has 0 aromatic heterocycles. The van der Waals surface area contributed by atoms with E-state index in [9.17, 15) is 19.7 Å². The molecule has 2 aliphatic heterocycles. The molecule has 3 aromatic rings. The molecule has 2 amide bonds. The van der Waals surface area contributed by atoms with E-state index in [0.717, 1.165) is 14.9 Å². The van der Waals surface area contributed by atoms with Gasteiger partial charge in [0.15, 0.2) is 0 Å². The van der Waals surface area contributed by atoms with Crippen LogP contribution in [0, 0.1) is 16.0 Å². The molecule has 0 aliphatic carbocycles. The standard InChI is InChI=1S/C23H15BrN4O4/c24-15-8-6-14(7-9-15)20-19-21(27(25-20)17-4-2-1-3-5-17)23(30)26(22(19)29)16-10-12-18(13-11-16)28(31)32/h1-13,19,21H/t19-,21-/m0/s1. The van der Waals surface area contributed by atoms with Gasteiger partial charge in [-0.05, 0) is 42.0 Å². The van der Waals surface area contributed by atoms with Crippen molar-refractivity contribution in [2.75, 3.05) is 9.91 Å². The maximum Gasteiger partial charge on any atom is 0.269 e. The predicted octanol–water partition coefficient (Wildman–Crippen LogP) is 4.14.